The molecule has 2 atom stereocenters. The molecule has 0 saturated carbocycles. The molecule has 1 fully saturated rings. The third kappa shape index (κ3) is 2.57. The number of rotatable bonds is 3. The minimum atomic E-state index is -3.45. The molecule has 0 N–H and O–H groups in total. The first kappa shape index (κ1) is 13.5. The summed E-state index contributed by atoms with van der Waals surface area (Å²) in [4.78, 5) is 0.255. The van der Waals surface area contributed by atoms with Gasteiger partial charge in [0.05, 0.1) is 18.4 Å². The van der Waals surface area contributed by atoms with Crippen LogP contribution in [0.3, 0.4) is 0 Å². The molecule has 1 aromatic heterocycles. The summed E-state index contributed by atoms with van der Waals surface area (Å²) in [6, 6.07) is 0. The van der Waals surface area contributed by atoms with E-state index in [0.29, 0.717) is 19.6 Å². The normalized spacial score (nSPS) is 26.4. The number of hydrogen-bond donors (Lipinski definition) is 0. The van der Waals surface area contributed by atoms with Crippen LogP contribution in [0, 0.1) is 0 Å². The van der Waals surface area contributed by atoms with Crippen LogP contribution >= 0.6 is 0 Å². The minimum absolute atomic E-state index is 0.0789. The van der Waals surface area contributed by atoms with Crippen LogP contribution in [0.25, 0.3) is 0 Å². The van der Waals surface area contributed by atoms with Gasteiger partial charge in [0.15, 0.2) is 0 Å². The second kappa shape index (κ2) is 4.99. The maximum atomic E-state index is 12.4. The van der Waals surface area contributed by atoms with Gasteiger partial charge in [-0.1, -0.05) is 0 Å². The van der Waals surface area contributed by atoms with Gasteiger partial charge in [-0.3, -0.25) is 4.68 Å². The van der Waals surface area contributed by atoms with E-state index in [0.717, 1.165) is 0 Å². The quantitative estimate of drug-likeness (QED) is 0.813. The van der Waals surface area contributed by atoms with Crippen LogP contribution in [0.15, 0.2) is 17.3 Å². The van der Waals surface area contributed by atoms with Crippen molar-refractivity contribution >= 4 is 10.0 Å². The Morgan fingerprint density at radius 3 is 2.50 bits per heavy atom. The number of morpholine rings is 1. The van der Waals surface area contributed by atoms with Gasteiger partial charge < -0.3 is 4.74 Å². The summed E-state index contributed by atoms with van der Waals surface area (Å²) >= 11 is 0. The first-order chi connectivity index (χ1) is 8.43. The highest BCUT2D eigenvalue weighted by Crippen LogP contribution is 2.20. The van der Waals surface area contributed by atoms with Gasteiger partial charge in [0.25, 0.3) is 0 Å². The fourth-order valence-electron chi connectivity index (χ4n) is 2.13. The number of aryl methyl sites for hydroxylation is 1. The van der Waals surface area contributed by atoms with Gasteiger partial charge in [0, 0.05) is 25.8 Å². The zero-order valence-corrected chi connectivity index (χ0v) is 11.7. The van der Waals surface area contributed by atoms with Crippen molar-refractivity contribution in [3.05, 3.63) is 12.4 Å². The number of aromatic nitrogens is 2. The molecular formula is C11H19N3O3S. The van der Waals surface area contributed by atoms with Crippen molar-refractivity contribution < 1.29 is 13.2 Å². The molecule has 0 amide bonds. The molecule has 0 aromatic carbocycles. The van der Waals surface area contributed by atoms with E-state index in [-0.39, 0.29) is 17.1 Å². The van der Waals surface area contributed by atoms with Gasteiger partial charge in [-0.2, -0.15) is 9.40 Å². The Morgan fingerprint density at radius 1 is 1.39 bits per heavy atom. The molecule has 18 heavy (non-hydrogen) atoms. The molecule has 102 valence electrons. The molecule has 0 spiro atoms. The van der Waals surface area contributed by atoms with E-state index in [1.807, 2.05) is 20.8 Å². The van der Waals surface area contributed by atoms with Gasteiger partial charge in [0.1, 0.15) is 4.90 Å². The van der Waals surface area contributed by atoms with E-state index in [2.05, 4.69) is 5.10 Å². The van der Waals surface area contributed by atoms with Crippen molar-refractivity contribution in [2.24, 2.45) is 0 Å². The zero-order valence-electron chi connectivity index (χ0n) is 10.9. The number of ether oxygens (including phenoxy) is 1. The molecule has 0 unspecified atom stereocenters. The van der Waals surface area contributed by atoms with Gasteiger partial charge in [-0.25, -0.2) is 8.42 Å². The molecule has 2 heterocycles. The van der Waals surface area contributed by atoms with Crippen LogP contribution < -0.4 is 0 Å². The first-order valence-corrected chi connectivity index (χ1v) is 7.55. The molecule has 6 nitrogen and oxygen atoms in total. The minimum Gasteiger partial charge on any atom is -0.373 e. The Hall–Kier alpha value is -0.920. The second-order valence-electron chi connectivity index (χ2n) is 4.61. The van der Waals surface area contributed by atoms with E-state index < -0.39 is 10.0 Å². The number of hydrogen-bond acceptors (Lipinski definition) is 4. The summed E-state index contributed by atoms with van der Waals surface area (Å²) in [7, 11) is -3.45. The van der Waals surface area contributed by atoms with Crippen molar-refractivity contribution in [2.75, 3.05) is 13.1 Å². The summed E-state index contributed by atoms with van der Waals surface area (Å²) < 4.78 is 33.5. The van der Waals surface area contributed by atoms with Crippen LogP contribution in [0.4, 0.5) is 0 Å². The highest BCUT2D eigenvalue weighted by atomic mass is 32.2. The van der Waals surface area contributed by atoms with Crippen molar-refractivity contribution in [2.45, 2.75) is 44.4 Å². The van der Waals surface area contributed by atoms with Crippen LogP contribution in [-0.2, 0) is 21.3 Å². The maximum Gasteiger partial charge on any atom is 0.246 e. The smallest absolute Gasteiger partial charge is 0.246 e. The molecule has 1 saturated heterocycles. The molecule has 0 aliphatic carbocycles. The molecule has 2 rings (SSSR count). The lowest BCUT2D eigenvalue weighted by Crippen LogP contribution is -2.48. The first-order valence-electron chi connectivity index (χ1n) is 6.11. The van der Waals surface area contributed by atoms with Crippen LogP contribution in [0.2, 0.25) is 0 Å². The number of nitrogens with zero attached hydrogens (tertiary/aromatic N) is 3. The lowest BCUT2D eigenvalue weighted by Gasteiger charge is -2.34. The van der Waals surface area contributed by atoms with Gasteiger partial charge >= 0.3 is 0 Å². The Bertz CT molecular complexity index is 501. The van der Waals surface area contributed by atoms with Crippen LogP contribution in [-0.4, -0.2) is 47.8 Å². The van der Waals surface area contributed by atoms with Gasteiger partial charge in [-0.05, 0) is 20.8 Å². The Labute approximate surface area is 108 Å². The average molecular weight is 273 g/mol. The predicted octanol–water partition coefficient (Wildman–Crippen LogP) is 0.701. The van der Waals surface area contributed by atoms with Crippen molar-refractivity contribution in [1.82, 2.24) is 14.1 Å². The maximum absolute atomic E-state index is 12.4. The summed E-state index contributed by atoms with van der Waals surface area (Å²) in [5.41, 5.74) is 0. The van der Waals surface area contributed by atoms with Crippen LogP contribution in [0.5, 0.6) is 0 Å². The van der Waals surface area contributed by atoms with Crippen molar-refractivity contribution in [3.63, 3.8) is 0 Å². The van der Waals surface area contributed by atoms with E-state index in [1.165, 1.54) is 10.5 Å². The predicted molar refractivity (Wildman–Crippen MR) is 66.7 cm³/mol. The summed E-state index contributed by atoms with van der Waals surface area (Å²) in [5, 5.41) is 4.01. The highest BCUT2D eigenvalue weighted by molar-refractivity contribution is 7.89. The average Bonchev–Trinajstić information content (AvgIpc) is 2.76. The Balaban J connectivity index is 2.25. The van der Waals surface area contributed by atoms with Crippen molar-refractivity contribution in [1.29, 1.82) is 0 Å². The molecule has 1 aliphatic rings. The SMILES string of the molecule is CCn1cc(S(=O)(=O)N2C[C@@H](C)O[C@H](C)C2)cn1. The van der Waals surface area contributed by atoms with Crippen LogP contribution in [0.1, 0.15) is 20.8 Å². The molecular weight excluding hydrogens is 254 g/mol. The molecule has 0 bridgehead atoms. The largest absolute Gasteiger partial charge is 0.373 e. The standard InChI is InChI=1S/C11H19N3O3S/c1-4-13-8-11(5-12-13)18(15,16)14-6-9(2)17-10(3)7-14/h5,8-10H,4,6-7H2,1-3H3/t9-,10-/m1/s1. The monoisotopic (exact) mass is 273 g/mol. The molecule has 1 aromatic rings. The molecule has 7 heteroatoms. The van der Waals surface area contributed by atoms with Crippen molar-refractivity contribution in [3.8, 4) is 0 Å². The zero-order chi connectivity index (χ0) is 13.3. The molecule has 1 aliphatic heterocycles. The third-order valence-electron chi connectivity index (χ3n) is 2.96. The molecule has 0 radical (unpaired) electrons. The lowest BCUT2D eigenvalue weighted by molar-refractivity contribution is -0.0440. The number of sulfonamides is 1. The summed E-state index contributed by atoms with van der Waals surface area (Å²) in [6.07, 6.45) is 2.82. The fraction of sp³-hybridized carbons (Fsp3) is 0.727. The van der Waals surface area contributed by atoms with E-state index in [4.69, 9.17) is 4.74 Å². The van der Waals surface area contributed by atoms with Gasteiger partial charge in [-0.15, -0.1) is 0 Å². The topological polar surface area (TPSA) is 64.4 Å². The summed E-state index contributed by atoms with van der Waals surface area (Å²) in [5.74, 6) is 0. The lowest BCUT2D eigenvalue weighted by atomic mass is 10.3. The third-order valence-corrected chi connectivity index (χ3v) is 4.74. The second-order valence-corrected chi connectivity index (χ2v) is 6.55. The Morgan fingerprint density at radius 2 is 2.00 bits per heavy atom. The highest BCUT2D eigenvalue weighted by Gasteiger charge is 2.32. The van der Waals surface area contributed by atoms with E-state index >= 15 is 0 Å². The van der Waals surface area contributed by atoms with E-state index in [9.17, 15) is 8.42 Å². The van der Waals surface area contributed by atoms with E-state index in [1.54, 1.807) is 10.9 Å². The van der Waals surface area contributed by atoms with Gasteiger partial charge in [0.2, 0.25) is 10.0 Å². The summed E-state index contributed by atoms with van der Waals surface area (Å²) in [6.45, 7) is 7.13. The fourth-order valence-corrected chi connectivity index (χ4v) is 3.67. The Kier molecular flexibility index (Phi) is 3.74.